The SMILES string of the molecule is CCc1ccc(C2/C(=C(/O)c3ccc(C)cc3)C(=O)C(=O)N2c2nnc(SCc3ccc(Cl)cc3Cl)s2)cc1. The van der Waals surface area contributed by atoms with E-state index >= 15 is 0 Å². The Morgan fingerprint density at radius 3 is 2.41 bits per heavy atom. The van der Waals surface area contributed by atoms with E-state index in [0.717, 1.165) is 23.1 Å². The molecule has 1 fully saturated rings. The molecule has 0 radical (unpaired) electrons. The molecule has 1 unspecified atom stereocenters. The first-order valence-corrected chi connectivity index (χ1v) is 14.7. The molecule has 1 aromatic heterocycles. The highest BCUT2D eigenvalue weighted by molar-refractivity contribution is 8.00. The van der Waals surface area contributed by atoms with E-state index in [1.165, 1.54) is 28.0 Å². The van der Waals surface area contributed by atoms with E-state index < -0.39 is 17.7 Å². The van der Waals surface area contributed by atoms with Gasteiger partial charge in [0.15, 0.2) is 4.34 Å². The zero-order valence-corrected chi connectivity index (χ0v) is 24.2. The molecule has 6 nitrogen and oxygen atoms in total. The van der Waals surface area contributed by atoms with Crippen molar-refractivity contribution < 1.29 is 14.7 Å². The minimum absolute atomic E-state index is 0.0189. The number of anilines is 1. The van der Waals surface area contributed by atoms with Crippen molar-refractivity contribution in [3.63, 3.8) is 0 Å². The Kier molecular flexibility index (Phi) is 8.09. The van der Waals surface area contributed by atoms with Crippen molar-refractivity contribution in [1.82, 2.24) is 10.2 Å². The molecule has 4 aromatic rings. The number of Topliss-reactive ketones (excluding diaryl/α,β-unsaturated/α-hetero) is 1. The molecular weight excluding hydrogens is 573 g/mol. The van der Waals surface area contributed by atoms with Crippen molar-refractivity contribution >= 4 is 68.9 Å². The van der Waals surface area contributed by atoms with Gasteiger partial charge in [0.1, 0.15) is 5.76 Å². The van der Waals surface area contributed by atoms with Gasteiger partial charge in [-0.2, -0.15) is 0 Å². The fourth-order valence-electron chi connectivity index (χ4n) is 4.28. The van der Waals surface area contributed by atoms with Gasteiger partial charge < -0.3 is 5.11 Å². The summed E-state index contributed by atoms with van der Waals surface area (Å²) in [6, 6.07) is 19.3. The van der Waals surface area contributed by atoms with Crippen molar-refractivity contribution in [2.24, 2.45) is 0 Å². The number of benzene rings is 3. The second kappa shape index (κ2) is 11.5. The molecule has 0 aliphatic carbocycles. The van der Waals surface area contributed by atoms with Crippen LogP contribution in [0.4, 0.5) is 5.13 Å². The minimum atomic E-state index is -0.853. The standard InChI is InChI=1S/C29H23Cl2N3O3S2/c1-3-17-6-10-18(11-7-17)24-23(25(35)19-8-4-16(2)5-9-19)26(36)27(37)34(24)28-32-33-29(39-28)38-15-20-12-13-21(30)14-22(20)31/h4-14,24,35H,3,15H2,1-2H3/b25-23-. The van der Waals surface area contributed by atoms with Gasteiger partial charge in [0.2, 0.25) is 5.13 Å². The average molecular weight is 597 g/mol. The molecule has 1 aliphatic rings. The zero-order chi connectivity index (χ0) is 27.7. The molecule has 5 rings (SSSR count). The summed E-state index contributed by atoms with van der Waals surface area (Å²) in [5, 5.41) is 21.2. The van der Waals surface area contributed by atoms with E-state index in [9.17, 15) is 14.7 Å². The molecule has 1 N–H and O–H groups in total. The van der Waals surface area contributed by atoms with E-state index in [1.54, 1.807) is 24.3 Å². The molecule has 0 spiro atoms. The van der Waals surface area contributed by atoms with Crippen LogP contribution in [-0.4, -0.2) is 27.0 Å². The van der Waals surface area contributed by atoms with E-state index in [2.05, 4.69) is 17.1 Å². The highest BCUT2D eigenvalue weighted by atomic mass is 35.5. The second-order valence-electron chi connectivity index (χ2n) is 9.01. The quantitative estimate of drug-likeness (QED) is 0.0777. The molecule has 198 valence electrons. The molecule has 39 heavy (non-hydrogen) atoms. The first-order valence-electron chi connectivity index (χ1n) is 12.1. The van der Waals surface area contributed by atoms with Crippen LogP contribution < -0.4 is 4.90 Å². The van der Waals surface area contributed by atoms with Gasteiger partial charge >= 0.3 is 5.91 Å². The molecule has 1 atom stereocenters. The molecular formula is C29H23Cl2N3O3S2. The van der Waals surface area contributed by atoms with Crippen molar-refractivity contribution in [1.29, 1.82) is 0 Å². The number of aliphatic hydroxyl groups excluding tert-OH is 1. The van der Waals surface area contributed by atoms with Gasteiger partial charge in [-0.05, 0) is 42.2 Å². The molecule has 0 saturated carbocycles. The first-order chi connectivity index (χ1) is 18.8. The summed E-state index contributed by atoms with van der Waals surface area (Å²) in [7, 11) is 0. The first kappa shape index (κ1) is 27.4. The molecule has 3 aromatic carbocycles. The Labute approximate surface area is 244 Å². The third kappa shape index (κ3) is 5.61. The van der Waals surface area contributed by atoms with Crippen LogP contribution in [0.5, 0.6) is 0 Å². The van der Waals surface area contributed by atoms with Gasteiger partial charge in [-0.3, -0.25) is 14.5 Å². The average Bonchev–Trinajstić information content (AvgIpc) is 3.50. The Bertz CT molecular complexity index is 1580. The number of rotatable bonds is 7. The van der Waals surface area contributed by atoms with Crippen LogP contribution >= 0.6 is 46.3 Å². The molecule has 1 amide bonds. The molecule has 1 aliphatic heterocycles. The highest BCUT2D eigenvalue weighted by Gasteiger charge is 2.48. The van der Waals surface area contributed by atoms with Crippen LogP contribution in [0, 0.1) is 6.92 Å². The van der Waals surface area contributed by atoms with E-state index in [1.807, 2.05) is 49.4 Å². The number of nitrogens with zero attached hydrogens (tertiary/aromatic N) is 3. The summed E-state index contributed by atoms with van der Waals surface area (Å²) in [6.07, 6.45) is 0.846. The number of aryl methyl sites for hydroxylation is 2. The Balaban J connectivity index is 1.53. The maximum Gasteiger partial charge on any atom is 0.301 e. The van der Waals surface area contributed by atoms with Crippen LogP contribution in [0.15, 0.2) is 76.6 Å². The number of carbonyl (C=O) groups excluding carboxylic acids is 2. The Morgan fingerprint density at radius 2 is 1.74 bits per heavy atom. The normalized spacial score (nSPS) is 16.7. The number of ketones is 1. The fraction of sp³-hybridized carbons (Fsp3) is 0.172. The van der Waals surface area contributed by atoms with E-state index in [0.29, 0.717) is 31.3 Å². The second-order valence-corrected chi connectivity index (χ2v) is 12.0. The number of amides is 1. The van der Waals surface area contributed by atoms with Gasteiger partial charge in [-0.15, -0.1) is 10.2 Å². The number of hydrogen-bond acceptors (Lipinski definition) is 7. The van der Waals surface area contributed by atoms with Crippen LogP contribution in [-0.2, 0) is 21.8 Å². The van der Waals surface area contributed by atoms with Gasteiger partial charge in [-0.25, -0.2) is 0 Å². The topological polar surface area (TPSA) is 83.4 Å². The van der Waals surface area contributed by atoms with E-state index in [4.69, 9.17) is 23.2 Å². The maximum atomic E-state index is 13.4. The molecule has 1 saturated heterocycles. The predicted molar refractivity (Wildman–Crippen MR) is 158 cm³/mol. The lowest BCUT2D eigenvalue weighted by Gasteiger charge is -2.22. The predicted octanol–water partition coefficient (Wildman–Crippen LogP) is 7.63. The van der Waals surface area contributed by atoms with Gasteiger partial charge in [0.05, 0.1) is 11.6 Å². The summed E-state index contributed by atoms with van der Waals surface area (Å²) in [4.78, 5) is 28.1. The molecule has 0 bridgehead atoms. The van der Waals surface area contributed by atoms with Crippen LogP contribution in [0.3, 0.4) is 0 Å². The Hall–Kier alpha value is -3.17. The van der Waals surface area contributed by atoms with Gasteiger partial charge in [0.25, 0.3) is 5.78 Å². The van der Waals surface area contributed by atoms with Crippen molar-refractivity contribution in [2.45, 2.75) is 36.4 Å². The number of carbonyl (C=O) groups is 2. The van der Waals surface area contributed by atoms with Crippen molar-refractivity contribution in [3.8, 4) is 0 Å². The summed E-state index contributed by atoms with van der Waals surface area (Å²) < 4.78 is 0.608. The van der Waals surface area contributed by atoms with Crippen LogP contribution in [0.25, 0.3) is 5.76 Å². The smallest absolute Gasteiger partial charge is 0.301 e. The van der Waals surface area contributed by atoms with Crippen LogP contribution in [0.1, 0.15) is 40.8 Å². The van der Waals surface area contributed by atoms with E-state index in [-0.39, 0.29) is 16.5 Å². The van der Waals surface area contributed by atoms with Crippen molar-refractivity contribution in [2.75, 3.05) is 4.90 Å². The van der Waals surface area contributed by atoms with Gasteiger partial charge in [-0.1, -0.05) is 113 Å². The lowest BCUT2D eigenvalue weighted by Crippen LogP contribution is -2.29. The monoisotopic (exact) mass is 595 g/mol. The number of halogens is 2. The third-order valence-electron chi connectivity index (χ3n) is 6.44. The number of hydrogen-bond donors (Lipinski definition) is 1. The summed E-state index contributed by atoms with van der Waals surface area (Å²) in [5.74, 6) is -1.23. The minimum Gasteiger partial charge on any atom is -0.507 e. The number of thioether (sulfide) groups is 1. The molecule has 2 heterocycles. The largest absolute Gasteiger partial charge is 0.507 e. The lowest BCUT2D eigenvalue weighted by molar-refractivity contribution is -0.132. The van der Waals surface area contributed by atoms with Gasteiger partial charge in [0, 0.05) is 21.4 Å². The number of aliphatic hydroxyl groups is 1. The van der Waals surface area contributed by atoms with Crippen LogP contribution in [0.2, 0.25) is 10.0 Å². The zero-order valence-electron chi connectivity index (χ0n) is 21.0. The lowest BCUT2D eigenvalue weighted by atomic mass is 9.94. The maximum absolute atomic E-state index is 13.4. The number of aromatic nitrogens is 2. The van der Waals surface area contributed by atoms with Crippen molar-refractivity contribution in [3.05, 3.63) is 110 Å². The Morgan fingerprint density at radius 1 is 1.03 bits per heavy atom. The summed E-state index contributed by atoms with van der Waals surface area (Å²) in [5.41, 5.74) is 4.18. The highest BCUT2D eigenvalue weighted by Crippen LogP contribution is 2.44. The summed E-state index contributed by atoms with van der Waals surface area (Å²) in [6.45, 7) is 3.99. The summed E-state index contributed by atoms with van der Waals surface area (Å²) >= 11 is 14.9. The fourth-order valence-corrected chi connectivity index (χ4v) is 6.71. The molecule has 10 heteroatoms. The third-order valence-corrected chi connectivity index (χ3v) is 9.13.